The number of carbonyl (C=O) groups is 2. The maximum atomic E-state index is 14.7. The number of anilines is 2. The number of aromatic nitrogens is 1. The fraction of sp³-hybridized carbons (Fsp3) is 0.400. The second-order valence-corrected chi connectivity index (χ2v) is 7.82. The molecule has 1 aromatic heterocycles. The Bertz CT molecular complexity index is 1010. The first-order valence-electron chi connectivity index (χ1n) is 10.1. The van der Waals surface area contributed by atoms with Crippen molar-refractivity contribution in [1.29, 1.82) is 0 Å². The summed E-state index contributed by atoms with van der Waals surface area (Å²) in [5, 5.41) is 18.1. The summed E-state index contributed by atoms with van der Waals surface area (Å²) >= 11 is 0. The van der Waals surface area contributed by atoms with Crippen LogP contribution in [0.25, 0.3) is 0 Å². The van der Waals surface area contributed by atoms with Crippen LogP contribution < -0.4 is 27.4 Å². The van der Waals surface area contributed by atoms with Crippen LogP contribution in [0.1, 0.15) is 36.0 Å². The Hall–Kier alpha value is -3.47. The number of allylic oxidation sites excluding steroid dienone is 1. The van der Waals surface area contributed by atoms with Crippen molar-refractivity contribution in [2.75, 3.05) is 10.6 Å². The van der Waals surface area contributed by atoms with Gasteiger partial charge in [-0.3, -0.25) is 9.79 Å². The van der Waals surface area contributed by atoms with Crippen molar-refractivity contribution in [3.63, 3.8) is 0 Å². The molecule has 4 rings (SSSR count). The molecule has 0 saturated heterocycles. The van der Waals surface area contributed by atoms with E-state index in [0.717, 1.165) is 31.7 Å². The molecule has 3 aliphatic rings. The number of hydrogen-bond donors (Lipinski definition) is 6. The summed E-state index contributed by atoms with van der Waals surface area (Å²) in [5.41, 5.74) is 12.0. The maximum Gasteiger partial charge on any atom is 0.351 e. The average Bonchev–Trinajstić information content (AvgIpc) is 3.17. The number of hydrogen-bond acceptors (Lipinski definition) is 8. The highest BCUT2D eigenvalue weighted by Crippen LogP contribution is 2.31. The fourth-order valence-corrected chi connectivity index (χ4v) is 4.07. The van der Waals surface area contributed by atoms with Gasteiger partial charge in [0.2, 0.25) is 0 Å². The lowest BCUT2D eigenvalue weighted by Gasteiger charge is -2.30. The summed E-state index contributed by atoms with van der Waals surface area (Å²) < 4.78 is 14.7. The lowest BCUT2D eigenvalue weighted by atomic mass is 9.91. The Morgan fingerprint density at radius 3 is 2.74 bits per heavy atom. The van der Waals surface area contributed by atoms with E-state index in [4.69, 9.17) is 11.5 Å². The van der Waals surface area contributed by atoms with Gasteiger partial charge >= 0.3 is 5.97 Å². The normalized spacial score (nSPS) is 26.9. The third-order valence-electron chi connectivity index (χ3n) is 5.73. The highest BCUT2D eigenvalue weighted by Gasteiger charge is 2.34. The molecule has 8 N–H and O–H groups in total. The summed E-state index contributed by atoms with van der Waals surface area (Å²) in [7, 11) is 0. The number of dihydropyridines is 1. The molecular weight excluding hydrogens is 405 g/mol. The number of nitrogens with zero attached hydrogens (tertiary/aromatic N) is 2. The number of carboxylic acids is 1. The van der Waals surface area contributed by atoms with Gasteiger partial charge in [-0.1, -0.05) is 12.8 Å². The predicted octanol–water partition coefficient (Wildman–Crippen LogP) is 0.896. The number of nitrogens with one attached hydrogen (secondary N) is 3. The molecule has 11 heteroatoms. The quantitative estimate of drug-likeness (QED) is 0.388. The smallest absolute Gasteiger partial charge is 0.351 e. The number of primary amides is 1. The molecule has 1 amide bonds. The molecule has 0 spiro atoms. The zero-order valence-corrected chi connectivity index (χ0v) is 16.6. The fourth-order valence-electron chi connectivity index (χ4n) is 4.07. The number of rotatable bonds is 6. The van der Waals surface area contributed by atoms with Crippen molar-refractivity contribution < 1.29 is 19.1 Å². The van der Waals surface area contributed by atoms with Crippen molar-refractivity contribution in [1.82, 2.24) is 10.3 Å². The summed E-state index contributed by atoms with van der Waals surface area (Å²) in [4.78, 5) is 31.7. The Kier molecular flexibility index (Phi) is 5.59. The first-order valence-corrected chi connectivity index (χ1v) is 10.1. The Balaban J connectivity index is 1.63. The van der Waals surface area contributed by atoms with Gasteiger partial charge in [-0.25, -0.2) is 14.2 Å². The van der Waals surface area contributed by atoms with Gasteiger partial charge in [-0.05, 0) is 31.1 Å². The molecule has 31 heavy (non-hydrogen) atoms. The van der Waals surface area contributed by atoms with Crippen molar-refractivity contribution >= 4 is 29.7 Å². The van der Waals surface area contributed by atoms with Crippen LogP contribution in [-0.4, -0.2) is 46.4 Å². The van der Waals surface area contributed by atoms with Crippen molar-refractivity contribution in [3.8, 4) is 0 Å². The third kappa shape index (κ3) is 4.22. The van der Waals surface area contributed by atoms with E-state index in [-0.39, 0.29) is 35.0 Å². The number of nitrogens with two attached hydrogens (primary N) is 2. The van der Waals surface area contributed by atoms with Gasteiger partial charge in [0.15, 0.2) is 11.6 Å². The zero-order chi connectivity index (χ0) is 22.1. The molecule has 164 valence electrons. The second kappa shape index (κ2) is 8.34. The molecular formula is C20H24FN7O3. The van der Waals surface area contributed by atoms with Crippen LogP contribution in [0.5, 0.6) is 0 Å². The molecule has 1 saturated carbocycles. The molecule has 2 aliphatic heterocycles. The molecule has 2 unspecified atom stereocenters. The van der Waals surface area contributed by atoms with Gasteiger partial charge < -0.3 is 32.5 Å². The number of halogens is 1. The minimum atomic E-state index is -1.10. The first kappa shape index (κ1) is 20.8. The molecule has 1 aromatic rings. The highest BCUT2D eigenvalue weighted by molar-refractivity contribution is 5.98. The number of pyridine rings is 1. The van der Waals surface area contributed by atoms with Crippen LogP contribution in [0.3, 0.4) is 0 Å². The van der Waals surface area contributed by atoms with Gasteiger partial charge in [0, 0.05) is 24.0 Å². The van der Waals surface area contributed by atoms with E-state index in [1.54, 1.807) is 6.08 Å². The Labute approximate surface area is 177 Å². The predicted molar refractivity (Wildman–Crippen MR) is 113 cm³/mol. The van der Waals surface area contributed by atoms with E-state index in [0.29, 0.717) is 5.70 Å². The van der Waals surface area contributed by atoms with Crippen LogP contribution in [0.15, 0.2) is 34.6 Å². The monoisotopic (exact) mass is 429 g/mol. The van der Waals surface area contributed by atoms with E-state index in [2.05, 4.69) is 25.9 Å². The molecule has 3 heterocycles. The lowest BCUT2D eigenvalue weighted by molar-refractivity contribution is -0.133. The van der Waals surface area contributed by atoms with E-state index in [9.17, 15) is 19.1 Å². The van der Waals surface area contributed by atoms with Gasteiger partial charge in [0.25, 0.3) is 5.91 Å². The summed E-state index contributed by atoms with van der Waals surface area (Å²) in [5.74, 6) is -3.03. The largest absolute Gasteiger partial charge is 0.477 e. The lowest BCUT2D eigenvalue weighted by Crippen LogP contribution is -2.43. The summed E-state index contributed by atoms with van der Waals surface area (Å²) in [6.07, 6.45) is 7.82. The first-order chi connectivity index (χ1) is 14.8. The molecule has 0 bridgehead atoms. The Morgan fingerprint density at radius 2 is 2.03 bits per heavy atom. The molecule has 1 aliphatic carbocycles. The number of amides is 1. The number of carboxylic acid groups (broad SMARTS) is 1. The number of fused-ring (bicyclic) bond motifs is 1. The van der Waals surface area contributed by atoms with Crippen molar-refractivity contribution in [2.24, 2.45) is 22.4 Å². The number of aliphatic imine (C=N–C) groups is 1. The molecule has 10 nitrogen and oxygen atoms in total. The van der Waals surface area contributed by atoms with Gasteiger partial charge in [0.05, 0.1) is 11.5 Å². The van der Waals surface area contributed by atoms with Crippen LogP contribution in [0, 0.1) is 11.7 Å². The van der Waals surface area contributed by atoms with Crippen LogP contribution in [0.2, 0.25) is 0 Å². The van der Waals surface area contributed by atoms with Gasteiger partial charge in [-0.15, -0.1) is 0 Å². The summed E-state index contributed by atoms with van der Waals surface area (Å²) in [6, 6.07) is 0.784. The van der Waals surface area contributed by atoms with Crippen LogP contribution >= 0.6 is 0 Å². The SMILES string of the molecule is NC(=O)c1cc(F)c(N[C@@H]2CCCC[C@@H]2N)nc1NC1=CC=NC2NC(C(=O)O)=CC12. The van der Waals surface area contributed by atoms with Crippen LogP contribution in [-0.2, 0) is 4.79 Å². The third-order valence-corrected chi connectivity index (χ3v) is 5.73. The topological polar surface area (TPSA) is 168 Å². The molecule has 0 radical (unpaired) electrons. The van der Waals surface area contributed by atoms with E-state index >= 15 is 0 Å². The molecule has 1 fully saturated rings. The molecule has 4 atom stereocenters. The van der Waals surface area contributed by atoms with Crippen molar-refractivity contribution in [3.05, 3.63) is 41.0 Å². The Morgan fingerprint density at radius 1 is 1.26 bits per heavy atom. The van der Waals surface area contributed by atoms with E-state index in [1.165, 1.54) is 12.3 Å². The second-order valence-electron chi connectivity index (χ2n) is 7.82. The number of aliphatic carboxylic acids is 1. The van der Waals surface area contributed by atoms with Gasteiger partial charge in [0.1, 0.15) is 17.7 Å². The maximum absolute atomic E-state index is 14.7. The number of carbonyl (C=O) groups excluding carboxylic acids is 1. The zero-order valence-electron chi connectivity index (χ0n) is 16.6. The molecule has 0 aromatic carbocycles. The minimum Gasteiger partial charge on any atom is -0.477 e. The van der Waals surface area contributed by atoms with Crippen molar-refractivity contribution in [2.45, 2.75) is 43.9 Å². The van der Waals surface area contributed by atoms with Crippen LogP contribution in [0.4, 0.5) is 16.0 Å². The minimum absolute atomic E-state index is 0.0252. The summed E-state index contributed by atoms with van der Waals surface area (Å²) in [6.45, 7) is 0. The van der Waals surface area contributed by atoms with E-state index in [1.807, 2.05) is 0 Å². The average molecular weight is 429 g/mol. The highest BCUT2D eigenvalue weighted by atomic mass is 19.1. The van der Waals surface area contributed by atoms with Gasteiger partial charge in [-0.2, -0.15) is 0 Å². The van der Waals surface area contributed by atoms with E-state index < -0.39 is 29.8 Å². The standard InChI is InChI=1S/C20H24FN7O3/c21-11-7-10(16(23)29)18(28-19(11)26-14-4-2-1-3-12(14)22)25-13-5-6-24-17-9(13)8-15(27-17)20(30)31/h5-9,12,14,17,27H,1-4,22H2,(H2,23,29)(H,30,31)(H2,25,26,28)/t9?,12-,14+,17?/m0/s1.